The van der Waals surface area contributed by atoms with E-state index < -0.39 is 0 Å². The van der Waals surface area contributed by atoms with E-state index in [4.69, 9.17) is 10.00 Å². The van der Waals surface area contributed by atoms with Crippen LogP contribution in [0, 0.1) is 11.3 Å². The predicted octanol–water partition coefficient (Wildman–Crippen LogP) is 1.02. The summed E-state index contributed by atoms with van der Waals surface area (Å²) in [4.78, 5) is 31.8. The van der Waals surface area contributed by atoms with Crippen molar-refractivity contribution in [1.82, 2.24) is 20.5 Å². The molecule has 2 aliphatic rings. The maximum atomic E-state index is 12.4. The Labute approximate surface area is 181 Å². The number of fused-ring (bicyclic) bond motifs is 1. The van der Waals surface area contributed by atoms with Gasteiger partial charge in [-0.15, -0.1) is 11.3 Å². The molecule has 1 amide bonds. The molecule has 30 heavy (non-hydrogen) atoms. The lowest BCUT2D eigenvalue weighted by atomic mass is 10.1. The number of carbonyl (C=O) groups excluding carboxylic acids is 2. The zero-order valence-corrected chi connectivity index (χ0v) is 18.6. The van der Waals surface area contributed by atoms with Gasteiger partial charge in [-0.2, -0.15) is 5.26 Å². The average Bonchev–Trinajstić information content (AvgIpc) is 3.36. The predicted molar refractivity (Wildman–Crippen MR) is 114 cm³/mol. The monoisotopic (exact) mass is 434 g/mol. The van der Waals surface area contributed by atoms with Crippen LogP contribution in [0.1, 0.15) is 44.2 Å². The third-order valence-electron chi connectivity index (χ3n) is 5.38. The zero-order valence-electron chi connectivity index (χ0n) is 17.8. The Kier molecular flexibility index (Phi) is 7.28. The Balaban J connectivity index is 1.49. The molecule has 9 nitrogen and oxygen atoms in total. The number of esters is 1. The molecule has 0 saturated carbocycles. The summed E-state index contributed by atoms with van der Waals surface area (Å²) in [6, 6.07) is 1.56. The highest BCUT2D eigenvalue weighted by molar-refractivity contribution is 7.15. The normalized spacial score (nSPS) is 21.1. The van der Waals surface area contributed by atoms with Crippen LogP contribution in [0.15, 0.2) is 0 Å². The molecule has 3 N–H and O–H groups in total. The number of hydrogen-bond donors (Lipinski definition) is 3. The van der Waals surface area contributed by atoms with Crippen molar-refractivity contribution in [3.8, 4) is 6.07 Å². The van der Waals surface area contributed by atoms with Gasteiger partial charge in [-0.3, -0.25) is 14.9 Å². The molecular weight excluding hydrogens is 404 g/mol. The molecule has 0 aromatic carbocycles. The lowest BCUT2D eigenvalue weighted by Gasteiger charge is -2.28. The summed E-state index contributed by atoms with van der Waals surface area (Å²) in [6.07, 6.45) is 2.17. The Morgan fingerprint density at radius 2 is 2.27 bits per heavy atom. The molecule has 2 aliphatic heterocycles. The number of rotatable bonds is 8. The van der Waals surface area contributed by atoms with Crippen LogP contribution in [-0.4, -0.2) is 65.6 Å². The van der Waals surface area contributed by atoms with Crippen LogP contribution in [0.25, 0.3) is 0 Å². The van der Waals surface area contributed by atoms with E-state index in [9.17, 15) is 9.59 Å². The zero-order chi connectivity index (χ0) is 21.7. The number of nitrogens with one attached hydrogen (secondary N) is 3. The van der Waals surface area contributed by atoms with Crippen molar-refractivity contribution in [2.45, 2.75) is 64.2 Å². The molecule has 3 rings (SSSR count). The quantitative estimate of drug-likeness (QED) is 0.519. The van der Waals surface area contributed by atoms with Crippen LogP contribution in [0.2, 0.25) is 0 Å². The number of thiazole rings is 1. The summed E-state index contributed by atoms with van der Waals surface area (Å²) < 4.78 is 5.09. The maximum Gasteiger partial charge on any atom is 0.323 e. The molecule has 1 aromatic rings. The van der Waals surface area contributed by atoms with E-state index in [1.54, 1.807) is 23.2 Å². The Hall–Kier alpha value is -2.22. The van der Waals surface area contributed by atoms with Gasteiger partial charge in [0.25, 0.3) is 0 Å². The number of likely N-dealkylation sites (tertiary alicyclic amines) is 1. The molecule has 1 fully saturated rings. The van der Waals surface area contributed by atoms with Gasteiger partial charge in [-0.25, -0.2) is 4.98 Å². The van der Waals surface area contributed by atoms with Gasteiger partial charge >= 0.3 is 5.97 Å². The van der Waals surface area contributed by atoms with Gasteiger partial charge in [-0.05, 0) is 33.6 Å². The number of aromatic nitrogens is 1. The van der Waals surface area contributed by atoms with E-state index in [0.29, 0.717) is 32.7 Å². The van der Waals surface area contributed by atoms with Gasteiger partial charge in [0, 0.05) is 36.5 Å². The summed E-state index contributed by atoms with van der Waals surface area (Å²) in [5, 5.41) is 19.8. The Morgan fingerprint density at radius 3 is 3.00 bits per heavy atom. The minimum Gasteiger partial charge on any atom is -0.465 e. The summed E-state index contributed by atoms with van der Waals surface area (Å²) in [7, 11) is 0. The first-order valence-electron chi connectivity index (χ1n) is 10.4. The van der Waals surface area contributed by atoms with Crippen molar-refractivity contribution in [3.05, 3.63) is 10.6 Å². The van der Waals surface area contributed by atoms with Crippen LogP contribution < -0.4 is 16.0 Å². The minimum absolute atomic E-state index is 0.0343. The number of nitrogens with zero attached hydrogens (tertiary/aromatic N) is 3. The van der Waals surface area contributed by atoms with Crippen LogP contribution in [0.3, 0.4) is 0 Å². The third kappa shape index (κ3) is 5.47. The largest absolute Gasteiger partial charge is 0.465 e. The van der Waals surface area contributed by atoms with Gasteiger partial charge in [0.15, 0.2) is 5.13 Å². The summed E-state index contributed by atoms with van der Waals surface area (Å²) in [5.41, 5.74) is 0.590. The molecule has 0 radical (unpaired) electrons. The van der Waals surface area contributed by atoms with Gasteiger partial charge in [0.1, 0.15) is 12.1 Å². The van der Waals surface area contributed by atoms with Crippen molar-refractivity contribution in [3.63, 3.8) is 0 Å². The highest BCUT2D eigenvalue weighted by atomic mass is 32.1. The van der Waals surface area contributed by atoms with Gasteiger partial charge in [0.2, 0.25) is 5.91 Å². The second kappa shape index (κ2) is 9.73. The number of hydrogen-bond acceptors (Lipinski definition) is 9. The van der Waals surface area contributed by atoms with E-state index in [1.165, 1.54) is 0 Å². The van der Waals surface area contributed by atoms with Crippen molar-refractivity contribution in [2.24, 2.45) is 0 Å². The van der Waals surface area contributed by atoms with Crippen LogP contribution in [-0.2, 0) is 27.3 Å². The molecule has 1 unspecified atom stereocenters. The highest BCUT2D eigenvalue weighted by Crippen LogP contribution is 2.27. The van der Waals surface area contributed by atoms with Crippen LogP contribution in [0.4, 0.5) is 5.13 Å². The highest BCUT2D eigenvalue weighted by Gasteiger charge is 2.30. The van der Waals surface area contributed by atoms with Crippen molar-refractivity contribution in [1.29, 1.82) is 5.26 Å². The molecular formula is C20H30N6O3S. The van der Waals surface area contributed by atoms with Crippen molar-refractivity contribution >= 4 is 28.3 Å². The fraction of sp³-hybridized carbons (Fsp3) is 0.700. The number of carbonyl (C=O) groups is 2. The van der Waals surface area contributed by atoms with Gasteiger partial charge < -0.3 is 20.3 Å². The molecule has 3 heterocycles. The van der Waals surface area contributed by atoms with E-state index >= 15 is 0 Å². The van der Waals surface area contributed by atoms with Gasteiger partial charge in [-0.1, -0.05) is 0 Å². The second-order valence-corrected chi connectivity index (χ2v) is 9.33. The second-order valence-electron chi connectivity index (χ2n) is 8.24. The van der Waals surface area contributed by atoms with Crippen molar-refractivity contribution < 1.29 is 14.3 Å². The summed E-state index contributed by atoms with van der Waals surface area (Å²) in [5.74, 6) is -0.273. The van der Waals surface area contributed by atoms with E-state index in [0.717, 1.165) is 28.5 Å². The minimum atomic E-state index is -0.348. The SMILES string of the molecule is CCOC(=O)C1Cc2nc(NCC(C)(C)NCC(=O)N3CCC[C@H]3C#N)sc2CN1. The molecule has 0 bridgehead atoms. The standard InChI is InChI=1S/C20H30N6O3S/c1-4-29-18(28)15-8-14-16(10-22-15)30-19(25-14)23-12-20(2,3)24-11-17(27)26-7-5-6-13(26)9-21/h13,15,22,24H,4-8,10-12H2,1-3H3,(H,23,25)/t13-,15?/m0/s1. The maximum absolute atomic E-state index is 12.4. The first-order valence-corrected chi connectivity index (χ1v) is 11.2. The molecule has 1 aromatic heterocycles. The van der Waals surface area contributed by atoms with Gasteiger partial charge in [0.05, 0.1) is 24.9 Å². The van der Waals surface area contributed by atoms with E-state index in [2.05, 4.69) is 27.0 Å². The Bertz CT molecular complexity index is 818. The number of nitriles is 1. The first-order chi connectivity index (χ1) is 14.3. The molecule has 0 aliphatic carbocycles. The first kappa shape index (κ1) is 22.5. The summed E-state index contributed by atoms with van der Waals surface area (Å²) in [6.45, 7) is 8.25. The van der Waals surface area contributed by atoms with Crippen LogP contribution in [0.5, 0.6) is 0 Å². The fourth-order valence-electron chi connectivity index (χ4n) is 3.62. The number of amides is 1. The van der Waals surface area contributed by atoms with E-state index in [-0.39, 0.29) is 36.0 Å². The topological polar surface area (TPSA) is 119 Å². The lowest BCUT2D eigenvalue weighted by molar-refractivity contribution is -0.145. The molecule has 2 atom stereocenters. The van der Waals surface area contributed by atoms with E-state index in [1.807, 2.05) is 13.8 Å². The Morgan fingerprint density at radius 1 is 1.47 bits per heavy atom. The number of ether oxygens (including phenoxy) is 1. The smallest absolute Gasteiger partial charge is 0.323 e. The summed E-state index contributed by atoms with van der Waals surface area (Å²) >= 11 is 1.58. The van der Waals surface area contributed by atoms with Crippen molar-refractivity contribution in [2.75, 3.05) is 31.6 Å². The third-order valence-corrected chi connectivity index (χ3v) is 6.43. The van der Waals surface area contributed by atoms with Crippen LogP contribution >= 0.6 is 11.3 Å². The molecule has 10 heteroatoms. The molecule has 164 valence electrons. The molecule has 0 spiro atoms. The number of anilines is 1. The fourth-order valence-corrected chi connectivity index (χ4v) is 4.56. The lowest BCUT2D eigenvalue weighted by Crippen LogP contribution is -2.50. The average molecular weight is 435 g/mol. The molecule has 1 saturated heterocycles.